The Balaban J connectivity index is 2.43. The summed E-state index contributed by atoms with van der Waals surface area (Å²) in [5, 5.41) is 11.8. The van der Waals surface area contributed by atoms with Crippen LogP contribution in [0, 0.1) is 10.1 Å². The highest BCUT2D eigenvalue weighted by molar-refractivity contribution is 6.30. The average Bonchev–Trinajstić information content (AvgIpc) is 2.45. The Morgan fingerprint density at radius 3 is 2.76 bits per heavy atom. The van der Waals surface area contributed by atoms with Crippen molar-refractivity contribution < 1.29 is 4.92 Å². The second-order valence-electron chi connectivity index (χ2n) is 4.53. The highest BCUT2D eigenvalue weighted by atomic mass is 35.5. The van der Waals surface area contributed by atoms with E-state index in [1.54, 1.807) is 24.1 Å². The highest BCUT2D eigenvalue weighted by Crippen LogP contribution is 2.34. The molecule has 0 radical (unpaired) electrons. The first-order valence-electron chi connectivity index (χ1n) is 6.15. The number of rotatable bonds is 4. The number of nitro groups is 1. The van der Waals surface area contributed by atoms with Crippen LogP contribution in [0.1, 0.15) is 18.5 Å². The van der Waals surface area contributed by atoms with E-state index >= 15 is 0 Å². The number of halogens is 1. The SMILES string of the molecule is CC(c1cccc(Cl)c1)N(C)c1ncnc(N)c1[N+](=O)[O-]. The minimum absolute atomic E-state index is 0.157. The summed E-state index contributed by atoms with van der Waals surface area (Å²) in [5.74, 6) is 0.00937. The summed E-state index contributed by atoms with van der Waals surface area (Å²) in [7, 11) is 1.71. The summed E-state index contributed by atoms with van der Waals surface area (Å²) < 4.78 is 0. The standard InChI is InChI=1S/C13H14ClN5O2/c1-8(9-4-3-5-10(14)6-9)18(2)13-11(19(20)21)12(15)16-7-17-13/h3-8H,1-2H3,(H2,15,16,17). The summed E-state index contributed by atoms with van der Waals surface area (Å²) in [6, 6.07) is 7.12. The predicted octanol–water partition coefficient (Wildman–Crippen LogP) is 2.82. The number of aromatic nitrogens is 2. The van der Waals surface area contributed by atoms with Gasteiger partial charge >= 0.3 is 5.69 Å². The minimum Gasteiger partial charge on any atom is -0.378 e. The fourth-order valence-electron chi connectivity index (χ4n) is 1.99. The molecule has 1 atom stereocenters. The molecular weight excluding hydrogens is 294 g/mol. The second-order valence-corrected chi connectivity index (χ2v) is 4.97. The van der Waals surface area contributed by atoms with E-state index in [2.05, 4.69) is 9.97 Å². The van der Waals surface area contributed by atoms with Gasteiger partial charge in [0, 0.05) is 12.1 Å². The van der Waals surface area contributed by atoms with Crippen LogP contribution in [0.5, 0.6) is 0 Å². The zero-order valence-electron chi connectivity index (χ0n) is 11.5. The summed E-state index contributed by atoms with van der Waals surface area (Å²) in [6.07, 6.45) is 1.21. The molecule has 1 aromatic carbocycles. The number of nitrogen functional groups attached to an aromatic ring is 1. The molecule has 0 saturated heterocycles. The smallest absolute Gasteiger partial charge is 0.353 e. The molecule has 2 aromatic rings. The van der Waals surface area contributed by atoms with Gasteiger partial charge in [-0.15, -0.1) is 0 Å². The molecule has 1 unspecified atom stereocenters. The van der Waals surface area contributed by atoms with E-state index in [0.29, 0.717) is 5.02 Å². The van der Waals surface area contributed by atoms with E-state index in [1.165, 1.54) is 6.33 Å². The lowest BCUT2D eigenvalue weighted by atomic mass is 10.1. The van der Waals surface area contributed by atoms with Gasteiger partial charge in [-0.1, -0.05) is 23.7 Å². The van der Waals surface area contributed by atoms with Crippen molar-refractivity contribution in [3.05, 3.63) is 51.3 Å². The monoisotopic (exact) mass is 307 g/mol. The van der Waals surface area contributed by atoms with E-state index < -0.39 is 4.92 Å². The van der Waals surface area contributed by atoms with Crippen LogP contribution >= 0.6 is 11.6 Å². The van der Waals surface area contributed by atoms with Crippen LogP contribution in [0.2, 0.25) is 5.02 Å². The number of nitrogens with two attached hydrogens (primary N) is 1. The third-order valence-corrected chi connectivity index (χ3v) is 3.50. The molecule has 8 heteroatoms. The van der Waals surface area contributed by atoms with Gasteiger partial charge in [-0.05, 0) is 24.6 Å². The van der Waals surface area contributed by atoms with Gasteiger partial charge < -0.3 is 10.6 Å². The van der Waals surface area contributed by atoms with Crippen LogP contribution in [0.4, 0.5) is 17.3 Å². The molecule has 2 rings (SSSR count). The molecule has 1 heterocycles. The van der Waals surface area contributed by atoms with Crippen LogP contribution in [0.15, 0.2) is 30.6 Å². The molecule has 0 spiro atoms. The molecule has 0 aliphatic heterocycles. The lowest BCUT2D eigenvalue weighted by Gasteiger charge is -2.26. The Morgan fingerprint density at radius 1 is 1.43 bits per heavy atom. The molecule has 21 heavy (non-hydrogen) atoms. The Bertz CT molecular complexity index is 679. The summed E-state index contributed by atoms with van der Waals surface area (Å²) in [6.45, 7) is 1.90. The van der Waals surface area contributed by atoms with Gasteiger partial charge in [0.2, 0.25) is 11.6 Å². The molecule has 0 amide bonds. The number of benzene rings is 1. The van der Waals surface area contributed by atoms with E-state index in [4.69, 9.17) is 17.3 Å². The molecule has 7 nitrogen and oxygen atoms in total. The Labute approximate surface area is 126 Å². The Hall–Kier alpha value is -2.41. The lowest BCUT2D eigenvalue weighted by Crippen LogP contribution is -2.24. The molecule has 1 aromatic heterocycles. The second kappa shape index (κ2) is 5.92. The van der Waals surface area contributed by atoms with Crippen molar-refractivity contribution in [1.29, 1.82) is 0 Å². The van der Waals surface area contributed by atoms with Crippen molar-refractivity contribution in [2.45, 2.75) is 13.0 Å². The summed E-state index contributed by atoms with van der Waals surface area (Å²) in [4.78, 5) is 19.9. The third-order valence-electron chi connectivity index (χ3n) is 3.26. The van der Waals surface area contributed by atoms with E-state index in [1.807, 2.05) is 19.1 Å². The normalized spacial score (nSPS) is 12.0. The highest BCUT2D eigenvalue weighted by Gasteiger charge is 2.26. The number of hydrogen-bond acceptors (Lipinski definition) is 6. The molecule has 0 saturated carbocycles. The predicted molar refractivity (Wildman–Crippen MR) is 81.4 cm³/mol. The first-order valence-corrected chi connectivity index (χ1v) is 6.52. The summed E-state index contributed by atoms with van der Waals surface area (Å²) in [5.41, 5.74) is 6.20. The molecule has 0 aliphatic rings. The van der Waals surface area contributed by atoms with E-state index in [0.717, 1.165) is 5.56 Å². The number of nitrogens with zero attached hydrogens (tertiary/aromatic N) is 4. The van der Waals surface area contributed by atoms with Crippen LogP contribution in [-0.2, 0) is 0 Å². The Morgan fingerprint density at radius 2 is 2.14 bits per heavy atom. The average molecular weight is 308 g/mol. The maximum Gasteiger partial charge on any atom is 0.353 e. The molecule has 0 bridgehead atoms. The van der Waals surface area contributed by atoms with Crippen molar-refractivity contribution in [3.63, 3.8) is 0 Å². The van der Waals surface area contributed by atoms with Gasteiger partial charge in [-0.3, -0.25) is 10.1 Å². The fourth-order valence-corrected chi connectivity index (χ4v) is 2.19. The zero-order valence-corrected chi connectivity index (χ0v) is 12.3. The van der Waals surface area contributed by atoms with Crippen molar-refractivity contribution in [3.8, 4) is 0 Å². The van der Waals surface area contributed by atoms with E-state index in [-0.39, 0.29) is 23.4 Å². The molecular formula is C13H14ClN5O2. The van der Waals surface area contributed by atoms with Crippen LogP contribution < -0.4 is 10.6 Å². The maximum absolute atomic E-state index is 11.2. The van der Waals surface area contributed by atoms with Gasteiger partial charge in [-0.2, -0.15) is 0 Å². The van der Waals surface area contributed by atoms with Gasteiger partial charge in [0.25, 0.3) is 0 Å². The van der Waals surface area contributed by atoms with Crippen LogP contribution in [0.3, 0.4) is 0 Å². The zero-order chi connectivity index (χ0) is 15.6. The molecule has 2 N–H and O–H groups in total. The van der Waals surface area contributed by atoms with Crippen molar-refractivity contribution >= 4 is 28.9 Å². The van der Waals surface area contributed by atoms with Gasteiger partial charge in [-0.25, -0.2) is 9.97 Å². The summed E-state index contributed by atoms with van der Waals surface area (Å²) >= 11 is 5.97. The number of hydrogen-bond donors (Lipinski definition) is 1. The first kappa shape index (κ1) is 15.0. The largest absolute Gasteiger partial charge is 0.378 e. The molecule has 110 valence electrons. The van der Waals surface area contributed by atoms with E-state index in [9.17, 15) is 10.1 Å². The third kappa shape index (κ3) is 3.03. The van der Waals surface area contributed by atoms with Crippen LogP contribution in [0.25, 0.3) is 0 Å². The van der Waals surface area contributed by atoms with Gasteiger partial charge in [0.1, 0.15) is 6.33 Å². The molecule has 0 fully saturated rings. The number of anilines is 2. The minimum atomic E-state index is -0.578. The lowest BCUT2D eigenvalue weighted by molar-refractivity contribution is -0.383. The fraction of sp³-hybridized carbons (Fsp3) is 0.231. The maximum atomic E-state index is 11.2. The van der Waals surface area contributed by atoms with Crippen molar-refractivity contribution in [1.82, 2.24) is 9.97 Å². The first-order chi connectivity index (χ1) is 9.91. The topological polar surface area (TPSA) is 98.2 Å². The van der Waals surface area contributed by atoms with Crippen molar-refractivity contribution in [2.75, 3.05) is 17.7 Å². The quantitative estimate of drug-likeness (QED) is 0.689. The Kier molecular flexibility index (Phi) is 4.23. The van der Waals surface area contributed by atoms with Gasteiger partial charge in [0.15, 0.2) is 0 Å². The molecule has 0 aliphatic carbocycles. The van der Waals surface area contributed by atoms with Crippen LogP contribution in [-0.4, -0.2) is 21.9 Å². The van der Waals surface area contributed by atoms with Crippen molar-refractivity contribution in [2.24, 2.45) is 0 Å². The van der Waals surface area contributed by atoms with Gasteiger partial charge in [0.05, 0.1) is 11.0 Å².